The number of aromatic nitrogens is 2. The Kier molecular flexibility index (Phi) is 4.99. The monoisotopic (exact) mass is 365 g/mol. The maximum absolute atomic E-state index is 12.1. The van der Waals surface area contributed by atoms with Crippen LogP contribution in [0.1, 0.15) is 12.5 Å². The van der Waals surface area contributed by atoms with Crippen LogP contribution in [-0.4, -0.2) is 69.9 Å². The van der Waals surface area contributed by atoms with Gasteiger partial charge in [0, 0.05) is 12.7 Å². The Morgan fingerprint density at radius 3 is 2.54 bits per heavy atom. The van der Waals surface area contributed by atoms with E-state index in [9.17, 15) is 28.2 Å². The van der Waals surface area contributed by atoms with E-state index >= 15 is 0 Å². The lowest BCUT2D eigenvalue weighted by Gasteiger charge is -2.27. The number of ether oxygens (including phenoxy) is 1. The van der Waals surface area contributed by atoms with E-state index in [1.807, 2.05) is 4.98 Å². The third kappa shape index (κ3) is 2.92. The van der Waals surface area contributed by atoms with E-state index in [4.69, 9.17) is 15.6 Å². The van der Waals surface area contributed by atoms with Crippen LogP contribution in [-0.2, 0) is 20.4 Å². The second-order valence-electron chi connectivity index (χ2n) is 5.58. The SMILES string of the molecule is C[C@@]1(c2cn(S(=O)(=O)CCN)c(=O)[nH]c2=O)O[C@H](CO)[C@@H](O)[C@H]1O. The first kappa shape index (κ1) is 18.8. The molecule has 1 aromatic rings. The van der Waals surface area contributed by atoms with Gasteiger partial charge >= 0.3 is 5.69 Å². The van der Waals surface area contributed by atoms with Gasteiger partial charge in [0.1, 0.15) is 23.9 Å². The molecule has 4 atom stereocenters. The highest BCUT2D eigenvalue weighted by Crippen LogP contribution is 2.37. The number of H-pyrrole nitrogens is 1. The number of rotatable bonds is 5. The smallest absolute Gasteiger partial charge is 0.342 e. The number of hydrogen-bond acceptors (Lipinski definition) is 9. The van der Waals surface area contributed by atoms with E-state index < -0.39 is 57.5 Å². The summed E-state index contributed by atoms with van der Waals surface area (Å²) in [6.07, 6.45) is -3.56. The van der Waals surface area contributed by atoms with E-state index in [0.29, 0.717) is 3.97 Å². The number of aliphatic hydroxyl groups is 3. The molecule has 0 bridgehead atoms. The van der Waals surface area contributed by atoms with Crippen LogP contribution in [0.3, 0.4) is 0 Å². The van der Waals surface area contributed by atoms with Gasteiger partial charge in [-0.25, -0.2) is 13.2 Å². The highest BCUT2D eigenvalue weighted by molar-refractivity contribution is 7.89. The summed E-state index contributed by atoms with van der Waals surface area (Å²) in [7, 11) is -4.13. The van der Waals surface area contributed by atoms with Crippen LogP contribution >= 0.6 is 0 Å². The maximum Gasteiger partial charge on any atom is 0.342 e. The second kappa shape index (κ2) is 6.38. The fourth-order valence-electron chi connectivity index (χ4n) is 2.61. The average Bonchev–Trinajstić information content (AvgIpc) is 2.71. The van der Waals surface area contributed by atoms with Crippen molar-refractivity contribution in [2.24, 2.45) is 5.73 Å². The van der Waals surface area contributed by atoms with Gasteiger partial charge in [-0.2, -0.15) is 3.97 Å². The van der Waals surface area contributed by atoms with Crippen LogP contribution < -0.4 is 17.0 Å². The molecule has 24 heavy (non-hydrogen) atoms. The maximum atomic E-state index is 12.1. The van der Waals surface area contributed by atoms with E-state index in [0.717, 1.165) is 6.20 Å². The van der Waals surface area contributed by atoms with Gasteiger partial charge in [0.05, 0.1) is 17.9 Å². The minimum Gasteiger partial charge on any atom is -0.394 e. The van der Waals surface area contributed by atoms with Crippen molar-refractivity contribution < 1.29 is 28.5 Å². The van der Waals surface area contributed by atoms with Gasteiger partial charge in [0.25, 0.3) is 5.56 Å². The lowest BCUT2D eigenvalue weighted by molar-refractivity contribution is -0.0868. The van der Waals surface area contributed by atoms with Gasteiger partial charge in [-0.3, -0.25) is 9.78 Å². The highest BCUT2D eigenvalue weighted by Gasteiger charge is 2.53. The molecule has 1 saturated heterocycles. The van der Waals surface area contributed by atoms with Gasteiger partial charge in [-0.1, -0.05) is 0 Å². The summed E-state index contributed by atoms with van der Waals surface area (Å²) in [5.74, 6) is -0.541. The van der Waals surface area contributed by atoms with Crippen LogP contribution in [0.25, 0.3) is 0 Å². The van der Waals surface area contributed by atoms with Crippen LogP contribution in [0.4, 0.5) is 0 Å². The summed E-state index contributed by atoms with van der Waals surface area (Å²) in [5, 5.41) is 29.2. The minimum absolute atomic E-state index is 0.245. The summed E-state index contributed by atoms with van der Waals surface area (Å²) in [6, 6.07) is 0. The largest absolute Gasteiger partial charge is 0.394 e. The first-order valence-electron chi connectivity index (χ1n) is 7.03. The van der Waals surface area contributed by atoms with Gasteiger partial charge in [-0.05, 0) is 6.92 Å². The zero-order valence-electron chi connectivity index (χ0n) is 12.7. The molecule has 11 nitrogen and oxygen atoms in total. The highest BCUT2D eigenvalue weighted by atomic mass is 32.2. The molecular weight excluding hydrogens is 346 g/mol. The third-order valence-corrected chi connectivity index (χ3v) is 5.59. The van der Waals surface area contributed by atoms with Gasteiger partial charge in [0.15, 0.2) is 0 Å². The molecule has 1 fully saturated rings. The van der Waals surface area contributed by atoms with E-state index in [-0.39, 0.29) is 12.1 Å². The second-order valence-corrected chi connectivity index (χ2v) is 7.55. The van der Waals surface area contributed by atoms with Gasteiger partial charge < -0.3 is 25.8 Å². The Balaban J connectivity index is 2.64. The fourth-order valence-corrected chi connectivity index (χ4v) is 3.67. The summed E-state index contributed by atoms with van der Waals surface area (Å²) < 4.78 is 29.8. The molecule has 136 valence electrons. The van der Waals surface area contributed by atoms with Crippen molar-refractivity contribution in [3.63, 3.8) is 0 Å². The molecule has 0 spiro atoms. The van der Waals surface area contributed by atoms with Crippen LogP contribution in [0.2, 0.25) is 0 Å². The molecule has 6 N–H and O–H groups in total. The van der Waals surface area contributed by atoms with Crippen molar-refractivity contribution >= 4 is 10.0 Å². The molecular formula is C12H19N3O8S. The molecule has 1 aliphatic heterocycles. The number of aliphatic hydroxyl groups excluding tert-OH is 3. The summed E-state index contributed by atoms with van der Waals surface area (Å²) in [4.78, 5) is 25.7. The third-order valence-electron chi connectivity index (χ3n) is 3.97. The molecule has 2 rings (SSSR count). The molecule has 0 saturated carbocycles. The van der Waals surface area contributed by atoms with Crippen molar-refractivity contribution in [3.05, 3.63) is 32.6 Å². The van der Waals surface area contributed by atoms with Crippen LogP contribution in [0.5, 0.6) is 0 Å². The fraction of sp³-hybridized carbons (Fsp3) is 0.667. The molecule has 0 aromatic carbocycles. The molecule has 1 aromatic heterocycles. The normalized spacial score (nSPS) is 30.6. The molecule has 0 amide bonds. The Hall–Kier alpha value is -1.57. The van der Waals surface area contributed by atoms with Crippen molar-refractivity contribution in [1.82, 2.24) is 8.96 Å². The predicted octanol–water partition coefficient (Wildman–Crippen LogP) is -4.00. The first-order valence-corrected chi connectivity index (χ1v) is 8.64. The quantitative estimate of drug-likeness (QED) is 0.347. The average molecular weight is 365 g/mol. The molecule has 12 heteroatoms. The molecule has 2 heterocycles. The lowest BCUT2D eigenvalue weighted by atomic mass is 9.90. The molecule has 0 radical (unpaired) electrons. The number of nitrogens with two attached hydrogens (primary N) is 1. The first-order chi connectivity index (χ1) is 11.1. The predicted molar refractivity (Wildman–Crippen MR) is 80.9 cm³/mol. The number of aromatic amines is 1. The van der Waals surface area contributed by atoms with E-state index in [1.54, 1.807) is 0 Å². The van der Waals surface area contributed by atoms with Crippen molar-refractivity contribution in [3.8, 4) is 0 Å². The van der Waals surface area contributed by atoms with E-state index in [2.05, 4.69) is 0 Å². The Labute approximate surface area is 136 Å². The zero-order valence-corrected chi connectivity index (χ0v) is 13.6. The van der Waals surface area contributed by atoms with Crippen LogP contribution in [0.15, 0.2) is 15.8 Å². The summed E-state index contributed by atoms with van der Waals surface area (Å²) in [5.41, 5.74) is 0.826. The lowest BCUT2D eigenvalue weighted by Crippen LogP contribution is -2.46. The Bertz CT molecular complexity index is 831. The van der Waals surface area contributed by atoms with E-state index in [1.165, 1.54) is 6.92 Å². The standard InChI is InChI=1S/C12H19N3O8S/c1-12(9(18)8(17)7(5-16)23-12)6-4-15(11(20)14-10(6)19)24(21,22)3-2-13/h4,7-9,16-18H,2-3,5,13H2,1H3,(H,14,19,20)/t7-,8-,9-,12+/m1/s1. The number of nitrogens with zero attached hydrogens (tertiary/aromatic N) is 1. The Morgan fingerprint density at radius 2 is 2.04 bits per heavy atom. The summed E-state index contributed by atoms with van der Waals surface area (Å²) >= 11 is 0. The summed E-state index contributed by atoms with van der Waals surface area (Å²) in [6.45, 7) is 0.368. The Morgan fingerprint density at radius 1 is 1.42 bits per heavy atom. The van der Waals surface area contributed by atoms with Crippen molar-refractivity contribution in [2.75, 3.05) is 18.9 Å². The van der Waals surface area contributed by atoms with Crippen molar-refractivity contribution in [1.29, 1.82) is 0 Å². The molecule has 0 unspecified atom stereocenters. The number of hydrogen-bond donors (Lipinski definition) is 5. The van der Waals surface area contributed by atoms with Crippen LogP contribution in [0, 0.1) is 0 Å². The minimum atomic E-state index is -4.13. The zero-order chi connectivity index (χ0) is 18.3. The van der Waals surface area contributed by atoms with Gasteiger partial charge in [-0.15, -0.1) is 0 Å². The number of nitrogens with one attached hydrogen (secondary N) is 1. The van der Waals surface area contributed by atoms with Crippen molar-refractivity contribution in [2.45, 2.75) is 30.8 Å². The van der Waals surface area contributed by atoms with Gasteiger partial charge in [0.2, 0.25) is 10.0 Å². The molecule has 1 aliphatic rings. The topological polar surface area (TPSA) is 185 Å². The molecule has 0 aliphatic carbocycles.